The summed E-state index contributed by atoms with van der Waals surface area (Å²) in [6.45, 7) is 10.0. The molecule has 5 saturated heterocycles. The van der Waals surface area contributed by atoms with Gasteiger partial charge in [0, 0.05) is 19.1 Å². The molecule has 0 spiro atoms. The molecule has 0 radical (unpaired) electrons. The molecule has 2 atom stereocenters. The Balaban J connectivity index is 1.22. The lowest BCUT2D eigenvalue weighted by molar-refractivity contribution is 0.000657. The minimum Gasteiger partial charge on any atom is -0.474 e. The molecule has 2 bridgehead atoms. The molecule has 2 aromatic heterocycles. The van der Waals surface area contributed by atoms with Crippen molar-refractivity contribution >= 4 is 23.2 Å². The SMILES string of the molecule is CC(C)(C)OC(=O)N1CC2CCC1CN2c1nc(OCC23CCCN2CCC3)c2nc[nH]c2n1. The zero-order valence-electron chi connectivity index (χ0n) is 20.4. The number of imidazole rings is 1. The van der Waals surface area contributed by atoms with E-state index in [-0.39, 0.29) is 23.7 Å². The lowest BCUT2D eigenvalue weighted by atomic mass is 9.91. The fourth-order valence-corrected chi connectivity index (χ4v) is 6.31. The molecule has 2 unspecified atom stereocenters. The predicted molar refractivity (Wildman–Crippen MR) is 127 cm³/mol. The normalized spacial score (nSPS) is 26.3. The van der Waals surface area contributed by atoms with E-state index in [9.17, 15) is 4.79 Å². The van der Waals surface area contributed by atoms with Crippen LogP contribution in [0.4, 0.5) is 10.7 Å². The molecule has 2 aromatic rings. The number of hydrogen-bond donors (Lipinski definition) is 1. The van der Waals surface area contributed by atoms with Crippen molar-refractivity contribution in [1.82, 2.24) is 29.7 Å². The van der Waals surface area contributed by atoms with Crippen LogP contribution in [0.3, 0.4) is 0 Å². The second-order valence-corrected chi connectivity index (χ2v) is 11.3. The number of carbonyl (C=O) groups is 1. The highest BCUT2D eigenvalue weighted by Gasteiger charge is 2.46. The number of aromatic nitrogens is 4. The third-order valence-electron chi connectivity index (χ3n) is 7.94. The van der Waals surface area contributed by atoms with Crippen LogP contribution in [0.2, 0.25) is 0 Å². The largest absolute Gasteiger partial charge is 0.474 e. The maximum Gasteiger partial charge on any atom is 0.410 e. The van der Waals surface area contributed by atoms with Crippen LogP contribution in [0.1, 0.15) is 59.3 Å². The van der Waals surface area contributed by atoms with Gasteiger partial charge in [0.25, 0.3) is 0 Å². The van der Waals surface area contributed by atoms with Gasteiger partial charge in [-0.1, -0.05) is 0 Å². The Hall–Kier alpha value is -2.62. The number of nitrogens with zero attached hydrogens (tertiary/aromatic N) is 6. The summed E-state index contributed by atoms with van der Waals surface area (Å²) in [6.07, 6.45) is 8.24. The Labute approximate surface area is 200 Å². The number of ether oxygens (including phenoxy) is 2. The zero-order valence-corrected chi connectivity index (χ0v) is 20.4. The average Bonchev–Trinajstić information content (AvgIpc) is 3.52. The van der Waals surface area contributed by atoms with E-state index in [2.05, 4.69) is 19.8 Å². The summed E-state index contributed by atoms with van der Waals surface area (Å²) in [6, 6.07) is 0.249. The lowest BCUT2D eigenvalue weighted by Crippen LogP contribution is -2.64. The quantitative estimate of drug-likeness (QED) is 0.730. The summed E-state index contributed by atoms with van der Waals surface area (Å²) in [7, 11) is 0. The first kappa shape index (κ1) is 21.9. The van der Waals surface area contributed by atoms with Crippen molar-refractivity contribution in [2.45, 2.75) is 82.5 Å². The first-order valence-electron chi connectivity index (χ1n) is 12.7. The minimum atomic E-state index is -0.498. The molecule has 7 rings (SSSR count). The topological polar surface area (TPSA) is 99.7 Å². The number of H-pyrrole nitrogens is 1. The molecule has 5 aliphatic heterocycles. The van der Waals surface area contributed by atoms with E-state index in [0.717, 1.165) is 12.8 Å². The van der Waals surface area contributed by atoms with Crippen LogP contribution in [0.25, 0.3) is 11.2 Å². The third kappa shape index (κ3) is 3.76. The molecule has 184 valence electrons. The van der Waals surface area contributed by atoms with Crippen molar-refractivity contribution in [3.8, 4) is 5.88 Å². The van der Waals surface area contributed by atoms with Crippen LogP contribution in [0.5, 0.6) is 5.88 Å². The Morgan fingerprint density at radius 2 is 1.91 bits per heavy atom. The summed E-state index contributed by atoms with van der Waals surface area (Å²) in [5.74, 6) is 1.21. The Kier molecular flexibility index (Phi) is 5.13. The van der Waals surface area contributed by atoms with E-state index in [0.29, 0.717) is 42.7 Å². The van der Waals surface area contributed by atoms with Gasteiger partial charge in [0.2, 0.25) is 11.8 Å². The fraction of sp³-hybridized carbons (Fsp3) is 0.750. The van der Waals surface area contributed by atoms with Crippen LogP contribution in [0, 0.1) is 0 Å². The van der Waals surface area contributed by atoms with E-state index < -0.39 is 5.60 Å². The van der Waals surface area contributed by atoms with Gasteiger partial charge in [-0.15, -0.1) is 0 Å². The number of hydrogen-bond acceptors (Lipinski definition) is 8. The molecule has 10 heteroatoms. The highest BCUT2D eigenvalue weighted by molar-refractivity contribution is 5.77. The van der Waals surface area contributed by atoms with Gasteiger partial charge in [0.1, 0.15) is 12.2 Å². The van der Waals surface area contributed by atoms with Crippen molar-refractivity contribution in [1.29, 1.82) is 0 Å². The van der Waals surface area contributed by atoms with E-state index in [1.807, 2.05) is 25.7 Å². The van der Waals surface area contributed by atoms with Crippen molar-refractivity contribution in [2.24, 2.45) is 0 Å². The summed E-state index contributed by atoms with van der Waals surface area (Å²) in [4.78, 5) is 36.7. The molecular formula is C24H35N7O3. The average molecular weight is 470 g/mol. The van der Waals surface area contributed by atoms with Gasteiger partial charge in [0.15, 0.2) is 11.2 Å². The Morgan fingerprint density at radius 1 is 1.15 bits per heavy atom. The third-order valence-corrected chi connectivity index (χ3v) is 7.94. The minimum absolute atomic E-state index is 0.0923. The molecule has 0 aromatic carbocycles. The number of aromatic amines is 1. The van der Waals surface area contributed by atoms with Gasteiger partial charge in [-0.05, 0) is 72.4 Å². The highest BCUT2D eigenvalue weighted by atomic mass is 16.6. The first-order valence-corrected chi connectivity index (χ1v) is 12.7. The standard InChI is InChI=1S/C24H35N7O3/c1-23(2,3)34-22(32)31-13-16-6-7-17(31)12-30(16)21-27-19-18(25-15-26-19)20(28-21)33-14-24-8-4-10-29(24)11-5-9-24/h15-17H,4-14H2,1-3H3,(H,25,26,27,28). The first-order chi connectivity index (χ1) is 16.3. The van der Waals surface area contributed by atoms with Gasteiger partial charge in [0.05, 0.1) is 17.9 Å². The number of rotatable bonds is 4. The van der Waals surface area contributed by atoms with Crippen LogP contribution in [0.15, 0.2) is 6.33 Å². The molecule has 34 heavy (non-hydrogen) atoms. The summed E-state index contributed by atoms with van der Waals surface area (Å²) >= 11 is 0. The number of nitrogens with one attached hydrogen (secondary N) is 1. The van der Waals surface area contributed by atoms with Crippen molar-refractivity contribution in [3.63, 3.8) is 0 Å². The van der Waals surface area contributed by atoms with Gasteiger partial charge in [-0.3, -0.25) is 4.90 Å². The van der Waals surface area contributed by atoms with E-state index in [4.69, 9.17) is 19.4 Å². The smallest absolute Gasteiger partial charge is 0.410 e. The molecule has 1 N–H and O–H groups in total. The predicted octanol–water partition coefficient (Wildman–Crippen LogP) is 2.95. The molecular weight excluding hydrogens is 434 g/mol. The van der Waals surface area contributed by atoms with Gasteiger partial charge in [-0.25, -0.2) is 9.78 Å². The fourth-order valence-electron chi connectivity index (χ4n) is 6.31. The molecule has 5 fully saturated rings. The van der Waals surface area contributed by atoms with Gasteiger partial charge >= 0.3 is 6.09 Å². The molecule has 0 saturated carbocycles. The van der Waals surface area contributed by atoms with Gasteiger partial charge < -0.3 is 24.3 Å². The zero-order chi connectivity index (χ0) is 23.5. The van der Waals surface area contributed by atoms with E-state index in [1.54, 1.807) is 6.33 Å². The van der Waals surface area contributed by atoms with E-state index >= 15 is 0 Å². The molecule has 10 nitrogen and oxygen atoms in total. The number of carbonyl (C=O) groups excluding carboxylic acids is 1. The molecule has 1 amide bonds. The summed E-state index contributed by atoms with van der Waals surface area (Å²) in [5.41, 5.74) is 1.02. The number of piperidine rings is 2. The van der Waals surface area contributed by atoms with Crippen molar-refractivity contribution in [3.05, 3.63) is 6.33 Å². The van der Waals surface area contributed by atoms with Crippen LogP contribution < -0.4 is 9.64 Å². The van der Waals surface area contributed by atoms with Crippen molar-refractivity contribution in [2.75, 3.05) is 37.7 Å². The van der Waals surface area contributed by atoms with Gasteiger partial charge in [-0.2, -0.15) is 9.97 Å². The molecule has 7 heterocycles. The summed E-state index contributed by atoms with van der Waals surface area (Å²) < 4.78 is 12.1. The van der Waals surface area contributed by atoms with Crippen LogP contribution >= 0.6 is 0 Å². The maximum atomic E-state index is 12.8. The number of anilines is 1. The van der Waals surface area contributed by atoms with E-state index in [1.165, 1.54) is 38.8 Å². The van der Waals surface area contributed by atoms with Crippen LogP contribution in [-0.4, -0.2) is 91.8 Å². The summed E-state index contributed by atoms with van der Waals surface area (Å²) in [5, 5.41) is 0. The number of amides is 1. The second kappa shape index (κ2) is 7.96. The monoisotopic (exact) mass is 469 g/mol. The second-order valence-electron chi connectivity index (χ2n) is 11.3. The molecule has 5 aliphatic rings. The lowest BCUT2D eigenvalue weighted by Gasteiger charge is -2.51. The van der Waals surface area contributed by atoms with Crippen LogP contribution in [-0.2, 0) is 4.74 Å². The molecule has 0 aliphatic carbocycles. The highest BCUT2D eigenvalue weighted by Crippen LogP contribution is 2.40. The maximum absolute atomic E-state index is 12.8. The number of fused-ring (bicyclic) bond motifs is 5. The Morgan fingerprint density at radius 3 is 2.62 bits per heavy atom. The van der Waals surface area contributed by atoms with Crippen molar-refractivity contribution < 1.29 is 14.3 Å². The Bertz CT molecular complexity index is 1070. The number of piperazine rings is 1.